The van der Waals surface area contributed by atoms with Crippen LogP contribution in [-0.4, -0.2) is 5.91 Å². The van der Waals surface area contributed by atoms with Crippen LogP contribution in [0.15, 0.2) is 24.3 Å². The molecule has 0 aliphatic carbocycles. The number of carbonyl (C=O) groups excluding carboxylic acids is 1. The third-order valence-electron chi connectivity index (χ3n) is 2.35. The molecule has 15 heavy (non-hydrogen) atoms. The summed E-state index contributed by atoms with van der Waals surface area (Å²) in [5.41, 5.74) is 2.06. The maximum absolute atomic E-state index is 11.0. The molecule has 0 bridgehead atoms. The predicted octanol–water partition coefficient (Wildman–Crippen LogP) is 2.21. The highest BCUT2D eigenvalue weighted by molar-refractivity contribution is 5.90. The van der Waals surface area contributed by atoms with Gasteiger partial charge in [0.1, 0.15) is 0 Å². The lowest BCUT2D eigenvalue weighted by Crippen LogP contribution is -2.35. The highest BCUT2D eigenvalue weighted by Gasteiger charge is 2.14. The van der Waals surface area contributed by atoms with E-state index in [0.29, 0.717) is 0 Å². The summed E-state index contributed by atoms with van der Waals surface area (Å²) in [6.45, 7) is 7.88. The van der Waals surface area contributed by atoms with Gasteiger partial charge in [0.15, 0.2) is 0 Å². The summed E-state index contributed by atoms with van der Waals surface area (Å²) in [7, 11) is 0. The van der Waals surface area contributed by atoms with Crippen molar-refractivity contribution in [1.82, 2.24) is 0 Å². The van der Waals surface area contributed by atoms with Crippen molar-refractivity contribution in [1.29, 1.82) is 0 Å². The smallest absolute Gasteiger partial charge is 0.238 e. The molecule has 2 N–H and O–H groups in total. The van der Waals surface area contributed by atoms with Gasteiger partial charge >= 0.3 is 0 Å². The maximum Gasteiger partial charge on any atom is 0.238 e. The number of nitrogens with two attached hydrogens (primary N) is 1. The molecule has 0 aliphatic heterocycles. The van der Waals surface area contributed by atoms with Gasteiger partial charge in [-0.1, -0.05) is 32.9 Å². The first kappa shape index (κ1) is 11.7. The summed E-state index contributed by atoms with van der Waals surface area (Å²) < 4.78 is 0. The van der Waals surface area contributed by atoms with Gasteiger partial charge in [-0.05, 0) is 23.1 Å². The molecule has 0 unspecified atom stereocenters. The Morgan fingerprint density at radius 3 is 2.00 bits per heavy atom. The quantitative estimate of drug-likeness (QED) is 0.435. The van der Waals surface area contributed by atoms with Gasteiger partial charge < -0.3 is 0 Å². The van der Waals surface area contributed by atoms with Crippen LogP contribution in [0.4, 0.5) is 5.69 Å². The number of nitrogens with zero attached hydrogens (tertiary/aromatic N) is 1. The number of amides is 1. The van der Waals surface area contributed by atoms with E-state index in [0.717, 1.165) is 10.7 Å². The topological polar surface area (TPSA) is 46.3 Å². The summed E-state index contributed by atoms with van der Waals surface area (Å²) in [6, 6.07) is 7.72. The van der Waals surface area contributed by atoms with Crippen molar-refractivity contribution in [2.24, 2.45) is 5.84 Å². The largest absolute Gasteiger partial charge is 0.273 e. The summed E-state index contributed by atoms with van der Waals surface area (Å²) >= 11 is 0. The molecular formula is C12H18N2O. The fraction of sp³-hybridized carbons (Fsp3) is 0.417. The van der Waals surface area contributed by atoms with Gasteiger partial charge in [-0.15, -0.1) is 0 Å². The summed E-state index contributed by atoms with van der Waals surface area (Å²) in [6.07, 6.45) is 0. The molecule has 0 saturated heterocycles. The van der Waals surface area contributed by atoms with Gasteiger partial charge in [0.05, 0.1) is 5.69 Å². The minimum Gasteiger partial charge on any atom is -0.273 e. The Bertz CT molecular complexity index is 349. The summed E-state index contributed by atoms with van der Waals surface area (Å²) in [5, 5.41) is 1.15. The Hall–Kier alpha value is -1.35. The van der Waals surface area contributed by atoms with Crippen molar-refractivity contribution < 1.29 is 4.79 Å². The number of hydrazine groups is 1. The number of rotatable bonds is 1. The van der Waals surface area contributed by atoms with Gasteiger partial charge in [0.25, 0.3) is 0 Å². The Kier molecular flexibility index (Phi) is 3.15. The van der Waals surface area contributed by atoms with Crippen LogP contribution >= 0.6 is 0 Å². The van der Waals surface area contributed by atoms with Crippen LogP contribution in [0.25, 0.3) is 0 Å². The highest BCUT2D eigenvalue weighted by Crippen LogP contribution is 2.24. The molecule has 1 aromatic carbocycles. The minimum atomic E-state index is -0.168. The molecule has 3 nitrogen and oxygen atoms in total. The molecule has 3 heteroatoms. The fourth-order valence-electron chi connectivity index (χ4n) is 1.30. The van der Waals surface area contributed by atoms with Crippen molar-refractivity contribution in [3.05, 3.63) is 29.8 Å². The lowest BCUT2D eigenvalue weighted by molar-refractivity contribution is -0.116. The van der Waals surface area contributed by atoms with E-state index in [1.165, 1.54) is 12.5 Å². The third kappa shape index (κ3) is 2.80. The van der Waals surface area contributed by atoms with Gasteiger partial charge in [-0.2, -0.15) is 0 Å². The summed E-state index contributed by atoms with van der Waals surface area (Å²) in [5.74, 6) is 5.41. The van der Waals surface area contributed by atoms with E-state index in [1.807, 2.05) is 24.3 Å². The van der Waals surface area contributed by atoms with Crippen molar-refractivity contribution in [3.8, 4) is 0 Å². The van der Waals surface area contributed by atoms with Gasteiger partial charge in [0.2, 0.25) is 5.91 Å². The monoisotopic (exact) mass is 206 g/mol. The van der Waals surface area contributed by atoms with Crippen LogP contribution in [0.5, 0.6) is 0 Å². The Labute approximate surface area is 90.9 Å². The molecule has 0 spiro atoms. The molecule has 0 heterocycles. The number of hydrogen-bond acceptors (Lipinski definition) is 2. The van der Waals surface area contributed by atoms with Crippen molar-refractivity contribution in [2.75, 3.05) is 5.01 Å². The highest BCUT2D eigenvalue weighted by atomic mass is 16.2. The Morgan fingerprint density at radius 1 is 1.20 bits per heavy atom. The van der Waals surface area contributed by atoms with Crippen LogP contribution in [0.2, 0.25) is 0 Å². The second-order valence-electron chi connectivity index (χ2n) is 4.69. The molecule has 0 atom stereocenters. The molecule has 0 saturated carbocycles. The normalized spacial score (nSPS) is 11.3. The first-order chi connectivity index (χ1) is 6.82. The lowest BCUT2D eigenvalue weighted by Gasteiger charge is -2.20. The van der Waals surface area contributed by atoms with Crippen molar-refractivity contribution >= 4 is 11.6 Å². The molecule has 0 aromatic heterocycles. The van der Waals surface area contributed by atoms with E-state index in [1.54, 1.807) is 0 Å². The summed E-state index contributed by atoms with van der Waals surface area (Å²) in [4.78, 5) is 11.0. The van der Waals surface area contributed by atoms with Crippen LogP contribution in [-0.2, 0) is 10.2 Å². The second kappa shape index (κ2) is 4.03. The zero-order valence-electron chi connectivity index (χ0n) is 9.74. The molecule has 1 rings (SSSR count). The van der Waals surface area contributed by atoms with E-state index >= 15 is 0 Å². The number of anilines is 1. The van der Waals surface area contributed by atoms with Crippen LogP contribution in [0.3, 0.4) is 0 Å². The Morgan fingerprint density at radius 2 is 1.67 bits per heavy atom. The molecule has 1 amide bonds. The van der Waals surface area contributed by atoms with E-state index in [4.69, 9.17) is 5.84 Å². The number of benzene rings is 1. The van der Waals surface area contributed by atoms with Crippen LogP contribution in [0.1, 0.15) is 33.3 Å². The zero-order chi connectivity index (χ0) is 11.6. The average Bonchev–Trinajstić information content (AvgIpc) is 2.15. The van der Waals surface area contributed by atoms with E-state index in [9.17, 15) is 4.79 Å². The third-order valence-corrected chi connectivity index (χ3v) is 2.35. The van der Waals surface area contributed by atoms with Crippen LogP contribution in [0, 0.1) is 0 Å². The van der Waals surface area contributed by atoms with Crippen molar-refractivity contribution in [2.45, 2.75) is 33.1 Å². The van der Waals surface area contributed by atoms with E-state index in [2.05, 4.69) is 20.8 Å². The maximum atomic E-state index is 11.0. The number of carbonyl (C=O) groups is 1. The second-order valence-corrected chi connectivity index (χ2v) is 4.69. The fourth-order valence-corrected chi connectivity index (χ4v) is 1.30. The van der Waals surface area contributed by atoms with E-state index < -0.39 is 0 Å². The van der Waals surface area contributed by atoms with Gasteiger partial charge in [-0.25, -0.2) is 10.9 Å². The van der Waals surface area contributed by atoms with E-state index in [-0.39, 0.29) is 11.3 Å². The molecule has 82 valence electrons. The van der Waals surface area contributed by atoms with Gasteiger partial charge in [-0.3, -0.25) is 4.79 Å². The predicted molar refractivity (Wildman–Crippen MR) is 62.5 cm³/mol. The van der Waals surface area contributed by atoms with Crippen molar-refractivity contribution in [3.63, 3.8) is 0 Å². The average molecular weight is 206 g/mol. The molecule has 1 aromatic rings. The first-order valence-electron chi connectivity index (χ1n) is 4.98. The standard InChI is InChI=1S/C12H18N2O/c1-9(15)14(13)11-7-5-10(6-8-11)12(2,3)4/h5-8H,13H2,1-4H3. The Balaban J connectivity index is 2.95. The first-order valence-corrected chi connectivity index (χ1v) is 4.98. The van der Waals surface area contributed by atoms with Gasteiger partial charge in [0, 0.05) is 6.92 Å². The molecular weight excluding hydrogens is 188 g/mol. The lowest BCUT2D eigenvalue weighted by atomic mass is 9.87. The molecule has 0 radical (unpaired) electrons. The SMILES string of the molecule is CC(=O)N(N)c1ccc(C(C)(C)C)cc1. The minimum absolute atomic E-state index is 0.119. The van der Waals surface area contributed by atoms with Crippen LogP contribution < -0.4 is 10.9 Å². The number of hydrogen-bond donors (Lipinski definition) is 1. The zero-order valence-corrected chi connectivity index (χ0v) is 9.74. The molecule has 0 fully saturated rings. The molecule has 0 aliphatic rings.